The van der Waals surface area contributed by atoms with Crippen LogP contribution in [-0.2, 0) is 19.1 Å². The first-order chi connectivity index (χ1) is 7.20. The van der Waals surface area contributed by atoms with Gasteiger partial charge in [0.2, 0.25) is 0 Å². The van der Waals surface area contributed by atoms with Crippen molar-refractivity contribution in [1.29, 1.82) is 5.26 Å². The van der Waals surface area contributed by atoms with Crippen molar-refractivity contribution in [1.82, 2.24) is 0 Å². The highest BCUT2D eigenvalue weighted by Crippen LogP contribution is 1.90. The molecule has 0 N–H and O–H groups in total. The summed E-state index contributed by atoms with van der Waals surface area (Å²) in [4.78, 5) is 24.1. The third-order valence-electron chi connectivity index (χ3n) is 1.25. The molecule has 0 aliphatic rings. The topological polar surface area (TPSA) is 80.8 Å². The molecule has 0 aromatic rings. The largest absolute Gasteiger partial charge is 0.465 e. The Kier molecular flexibility index (Phi) is 7.33. The van der Waals surface area contributed by atoms with Gasteiger partial charge in [-0.05, 0) is 0 Å². The molecular formula is C9H10N2O4. The monoisotopic (exact) mass is 210 g/mol. The van der Waals surface area contributed by atoms with Crippen LogP contribution >= 0.6 is 0 Å². The van der Waals surface area contributed by atoms with Gasteiger partial charge in [-0.3, -0.25) is 4.79 Å². The van der Waals surface area contributed by atoms with E-state index in [1.54, 1.807) is 6.07 Å². The normalized spacial score (nSPS) is 8.40. The molecule has 0 unspecified atom stereocenters. The van der Waals surface area contributed by atoms with Crippen molar-refractivity contribution < 1.29 is 19.1 Å². The molecule has 0 radical (unpaired) electrons. The molecule has 6 nitrogen and oxygen atoms in total. The van der Waals surface area contributed by atoms with Gasteiger partial charge in [-0.1, -0.05) is 0 Å². The maximum atomic E-state index is 10.7. The van der Waals surface area contributed by atoms with E-state index in [0.717, 1.165) is 0 Å². The van der Waals surface area contributed by atoms with Gasteiger partial charge in [0, 0.05) is 6.42 Å². The zero-order valence-electron chi connectivity index (χ0n) is 8.06. The molecule has 0 saturated heterocycles. The molecule has 0 aliphatic carbocycles. The Morgan fingerprint density at radius 3 is 2.40 bits per heavy atom. The maximum absolute atomic E-state index is 10.7. The van der Waals surface area contributed by atoms with E-state index in [9.17, 15) is 9.59 Å². The minimum atomic E-state index is -0.593. The van der Waals surface area contributed by atoms with E-state index < -0.39 is 11.9 Å². The molecule has 0 amide bonds. The first-order valence-electron chi connectivity index (χ1n) is 4.22. The molecule has 0 saturated carbocycles. The summed E-state index contributed by atoms with van der Waals surface area (Å²) in [7, 11) is 0. The van der Waals surface area contributed by atoms with Crippen molar-refractivity contribution in [3.8, 4) is 6.07 Å². The van der Waals surface area contributed by atoms with Gasteiger partial charge in [0.15, 0.2) is 0 Å². The second kappa shape index (κ2) is 8.52. The van der Waals surface area contributed by atoms with E-state index in [4.69, 9.17) is 11.8 Å². The molecule has 80 valence electrons. The van der Waals surface area contributed by atoms with E-state index >= 15 is 0 Å². The summed E-state index contributed by atoms with van der Waals surface area (Å²) >= 11 is 0. The number of nitrogens with zero attached hydrogens (tertiary/aromatic N) is 2. The number of nitriles is 1. The maximum Gasteiger partial charge on any atom is 0.387 e. The fourth-order valence-corrected chi connectivity index (χ4v) is 0.657. The molecule has 0 bridgehead atoms. The Morgan fingerprint density at radius 1 is 1.27 bits per heavy atom. The van der Waals surface area contributed by atoms with Crippen molar-refractivity contribution in [3.63, 3.8) is 0 Å². The van der Waals surface area contributed by atoms with Crippen LogP contribution in [0.3, 0.4) is 0 Å². The van der Waals surface area contributed by atoms with Gasteiger partial charge in [-0.25, -0.2) is 11.4 Å². The lowest BCUT2D eigenvalue weighted by molar-refractivity contribution is -0.144. The van der Waals surface area contributed by atoms with E-state index in [1.807, 2.05) is 0 Å². The molecule has 0 aromatic heterocycles. The summed E-state index contributed by atoms with van der Waals surface area (Å²) in [5, 5.41) is 8.12. The van der Waals surface area contributed by atoms with E-state index in [0.29, 0.717) is 6.42 Å². The molecule has 15 heavy (non-hydrogen) atoms. The van der Waals surface area contributed by atoms with Crippen molar-refractivity contribution in [2.45, 2.75) is 12.8 Å². The van der Waals surface area contributed by atoms with Crippen LogP contribution in [0.15, 0.2) is 0 Å². The highest BCUT2D eigenvalue weighted by molar-refractivity contribution is 5.73. The average Bonchev–Trinajstić information content (AvgIpc) is 2.18. The zero-order chi connectivity index (χ0) is 11.5. The average molecular weight is 210 g/mol. The summed E-state index contributed by atoms with van der Waals surface area (Å²) in [6.07, 6.45) is 0.0818. The van der Waals surface area contributed by atoms with Gasteiger partial charge in [-0.15, -0.1) is 0 Å². The lowest BCUT2D eigenvalue weighted by Crippen LogP contribution is -2.11. The molecular weight excluding hydrogens is 200 g/mol. The fraction of sp³-hybridized carbons (Fsp3) is 0.556. The van der Waals surface area contributed by atoms with Crippen LogP contribution in [0.1, 0.15) is 12.8 Å². The number of rotatable bonds is 6. The molecule has 0 spiro atoms. The highest BCUT2D eigenvalue weighted by atomic mass is 16.5. The molecule has 0 aliphatic heterocycles. The third-order valence-corrected chi connectivity index (χ3v) is 1.25. The van der Waals surface area contributed by atoms with Gasteiger partial charge in [0.25, 0.3) is 0 Å². The number of hydrogen-bond acceptors (Lipinski definition) is 5. The lowest BCUT2D eigenvalue weighted by Gasteiger charge is -2.02. The molecule has 0 atom stereocenters. The van der Waals surface area contributed by atoms with E-state index in [1.165, 1.54) is 0 Å². The molecule has 0 heterocycles. The second-order valence-electron chi connectivity index (χ2n) is 2.45. The van der Waals surface area contributed by atoms with Gasteiger partial charge < -0.3 is 14.3 Å². The third kappa shape index (κ3) is 8.26. The van der Waals surface area contributed by atoms with Crippen LogP contribution in [0, 0.1) is 17.9 Å². The zero-order valence-corrected chi connectivity index (χ0v) is 8.06. The van der Waals surface area contributed by atoms with E-state index in [2.05, 4.69) is 14.3 Å². The Hall–Kier alpha value is -2.08. The first-order valence-corrected chi connectivity index (χ1v) is 4.22. The molecule has 0 fully saturated rings. The van der Waals surface area contributed by atoms with Crippen LogP contribution in [-0.4, -0.2) is 31.7 Å². The van der Waals surface area contributed by atoms with Gasteiger partial charge in [0.1, 0.15) is 6.42 Å². The van der Waals surface area contributed by atoms with Crippen molar-refractivity contribution in [2.24, 2.45) is 0 Å². The summed E-state index contributed by atoms with van der Waals surface area (Å²) in [5.74, 6) is -1.18. The van der Waals surface area contributed by atoms with Crippen LogP contribution in [0.5, 0.6) is 0 Å². The molecule has 0 aromatic carbocycles. The van der Waals surface area contributed by atoms with Crippen molar-refractivity contribution in [3.05, 3.63) is 11.4 Å². The van der Waals surface area contributed by atoms with Crippen molar-refractivity contribution in [2.75, 3.05) is 19.8 Å². The van der Waals surface area contributed by atoms with Crippen LogP contribution in [0.2, 0.25) is 0 Å². The van der Waals surface area contributed by atoms with Gasteiger partial charge in [-0.2, -0.15) is 5.26 Å². The number of carbonyl (C=O) groups excluding carboxylic acids is 2. The quantitative estimate of drug-likeness (QED) is 0.357. The van der Waals surface area contributed by atoms with Gasteiger partial charge in [0.05, 0.1) is 19.3 Å². The second-order valence-corrected chi connectivity index (χ2v) is 2.45. The number of carbonyl (C=O) groups is 2. The first kappa shape index (κ1) is 12.9. The fourth-order valence-electron chi connectivity index (χ4n) is 0.657. The Labute approximate surface area is 87.2 Å². The lowest BCUT2D eigenvalue weighted by atomic mass is 10.4. The summed E-state index contributed by atoms with van der Waals surface area (Å²) < 4.78 is 9.23. The standard InChI is InChI=1S/C9H10N2O4/c1-11-7-9(13)15-6-2-5-14-8(12)3-4-10/h2-3,5-7H2. The smallest absolute Gasteiger partial charge is 0.387 e. The summed E-state index contributed by atoms with van der Waals surface area (Å²) in [6.45, 7) is 6.29. The van der Waals surface area contributed by atoms with Crippen LogP contribution in [0.25, 0.3) is 4.85 Å². The highest BCUT2D eigenvalue weighted by Gasteiger charge is 2.05. The van der Waals surface area contributed by atoms with Crippen LogP contribution < -0.4 is 0 Å². The summed E-state index contributed by atoms with van der Waals surface area (Å²) in [6, 6.07) is 1.65. The number of ether oxygens (including phenoxy) is 2. The minimum absolute atomic E-state index is 0.103. The molecule has 0 rings (SSSR count). The Bertz CT molecular complexity index is 270. The predicted octanol–water partition coefficient (Wildman–Crippen LogP) is 0.296. The van der Waals surface area contributed by atoms with E-state index in [-0.39, 0.29) is 26.2 Å². The SMILES string of the molecule is [C-]#[N+]CC(=O)OCCCOC(=O)CC#N. The Balaban J connectivity index is 3.33. The Morgan fingerprint density at radius 2 is 1.87 bits per heavy atom. The number of esters is 2. The predicted molar refractivity (Wildman–Crippen MR) is 48.2 cm³/mol. The minimum Gasteiger partial charge on any atom is -0.465 e. The summed E-state index contributed by atoms with van der Waals surface area (Å²) in [5.41, 5.74) is 0. The van der Waals surface area contributed by atoms with Crippen LogP contribution in [0.4, 0.5) is 0 Å². The van der Waals surface area contributed by atoms with Crippen molar-refractivity contribution >= 4 is 11.9 Å². The van der Waals surface area contributed by atoms with Gasteiger partial charge >= 0.3 is 18.5 Å². The number of hydrogen-bond donors (Lipinski definition) is 0. The molecule has 6 heteroatoms.